The highest BCUT2D eigenvalue weighted by molar-refractivity contribution is 5.86. The van der Waals surface area contributed by atoms with Gasteiger partial charge in [-0.05, 0) is 98.3 Å². The van der Waals surface area contributed by atoms with E-state index in [1.54, 1.807) is 5.56 Å². The van der Waals surface area contributed by atoms with Gasteiger partial charge in [0.05, 0.1) is 0 Å². The quantitative estimate of drug-likeness (QED) is 0.368. The van der Waals surface area contributed by atoms with E-state index in [1.165, 1.54) is 35.1 Å². The third-order valence-corrected chi connectivity index (χ3v) is 7.19. The van der Waals surface area contributed by atoms with Gasteiger partial charge in [-0.1, -0.05) is 42.5 Å². The van der Waals surface area contributed by atoms with Crippen molar-refractivity contribution in [1.82, 2.24) is 10.2 Å². The van der Waals surface area contributed by atoms with Gasteiger partial charge in [0.2, 0.25) is 0 Å². The van der Waals surface area contributed by atoms with Crippen LogP contribution < -0.4 is 5.32 Å². The highest BCUT2D eigenvalue weighted by Crippen LogP contribution is 2.37. The molecule has 0 saturated carbocycles. The number of benzene rings is 2. The minimum atomic E-state index is 0. The molecule has 0 radical (unpaired) electrons. The number of hydrogen-bond donors (Lipinski definition) is 1. The van der Waals surface area contributed by atoms with Crippen LogP contribution in [0.25, 0.3) is 0 Å². The average Bonchev–Trinajstić information content (AvgIpc) is 3.01. The van der Waals surface area contributed by atoms with Crippen LogP contribution in [0.5, 0.6) is 0 Å². The van der Waals surface area contributed by atoms with Crippen molar-refractivity contribution in [2.75, 3.05) is 26.2 Å². The van der Waals surface area contributed by atoms with Crippen molar-refractivity contribution in [3.63, 3.8) is 0 Å². The van der Waals surface area contributed by atoms with Gasteiger partial charge in [0.25, 0.3) is 0 Å². The highest BCUT2D eigenvalue weighted by atomic mass is 35.5. The molecule has 2 aromatic rings. The van der Waals surface area contributed by atoms with Crippen LogP contribution in [-0.2, 0) is 24.2 Å². The lowest BCUT2D eigenvalue weighted by Gasteiger charge is -2.39. The van der Waals surface area contributed by atoms with E-state index in [2.05, 4.69) is 59.6 Å². The largest absolute Gasteiger partial charge is 0.316 e. The number of halogens is 3. The van der Waals surface area contributed by atoms with E-state index < -0.39 is 0 Å². The molecular formula is C27H39Cl3N2O. The second kappa shape index (κ2) is 15.0. The van der Waals surface area contributed by atoms with Crippen molar-refractivity contribution < 1.29 is 4.79 Å². The number of unbranched alkanes of at least 4 members (excludes halogenated alkanes) is 1. The molecule has 0 bridgehead atoms. The second-order valence-corrected chi connectivity index (χ2v) is 9.19. The maximum Gasteiger partial charge on any atom is 0.119 e. The Morgan fingerprint density at radius 2 is 1.79 bits per heavy atom. The standard InChI is InChI=1S/C27H36N2O.3ClH/c1-21-6-2-3-8-26(21)19-29-16-13-23(7-4-5-17-30)27(20-29)25-10-9-22-11-14-28-15-12-24(22)18-25;;;/h2-3,6,8-10,17-18,23,27-28H,4-5,7,11-16,19-20H2,1H3;3*1H. The van der Waals surface area contributed by atoms with Crippen LogP contribution in [0.1, 0.15) is 59.4 Å². The fourth-order valence-electron chi connectivity index (χ4n) is 5.35. The Morgan fingerprint density at radius 1 is 1.03 bits per heavy atom. The Hall–Kier alpha value is -1.10. The Labute approximate surface area is 218 Å². The molecule has 2 aromatic carbocycles. The molecule has 33 heavy (non-hydrogen) atoms. The van der Waals surface area contributed by atoms with Gasteiger partial charge >= 0.3 is 0 Å². The summed E-state index contributed by atoms with van der Waals surface area (Å²) >= 11 is 0. The fraction of sp³-hybridized carbons (Fsp3) is 0.519. The molecule has 2 heterocycles. The zero-order valence-corrected chi connectivity index (χ0v) is 22.1. The molecule has 2 aliphatic rings. The maximum atomic E-state index is 10.9. The third-order valence-electron chi connectivity index (χ3n) is 7.19. The van der Waals surface area contributed by atoms with Crippen molar-refractivity contribution in [3.8, 4) is 0 Å². The van der Waals surface area contributed by atoms with E-state index in [0.717, 1.165) is 58.3 Å². The monoisotopic (exact) mass is 512 g/mol. The molecule has 0 amide bonds. The number of nitrogens with zero attached hydrogens (tertiary/aromatic N) is 1. The van der Waals surface area contributed by atoms with Gasteiger partial charge in [-0.2, -0.15) is 0 Å². The number of aryl methyl sites for hydroxylation is 1. The molecular weight excluding hydrogens is 475 g/mol. The molecule has 0 aliphatic carbocycles. The number of nitrogens with one attached hydrogen (secondary N) is 1. The summed E-state index contributed by atoms with van der Waals surface area (Å²) in [7, 11) is 0. The molecule has 0 aromatic heterocycles. The molecule has 2 unspecified atom stereocenters. The number of carbonyl (C=O) groups excluding carboxylic acids is 1. The van der Waals surface area contributed by atoms with Crippen molar-refractivity contribution in [2.45, 2.75) is 57.9 Å². The minimum Gasteiger partial charge on any atom is -0.316 e. The first kappa shape index (κ1) is 29.9. The summed E-state index contributed by atoms with van der Waals surface area (Å²) < 4.78 is 0. The summed E-state index contributed by atoms with van der Waals surface area (Å²) in [6, 6.07) is 16.1. The Bertz CT molecular complexity index is 861. The van der Waals surface area contributed by atoms with E-state index in [1.807, 2.05) is 0 Å². The first-order valence-corrected chi connectivity index (χ1v) is 11.8. The van der Waals surface area contributed by atoms with Crippen LogP contribution in [-0.4, -0.2) is 37.4 Å². The molecule has 1 saturated heterocycles. The van der Waals surface area contributed by atoms with E-state index in [9.17, 15) is 4.79 Å². The van der Waals surface area contributed by atoms with Gasteiger partial charge in [-0.15, -0.1) is 37.2 Å². The van der Waals surface area contributed by atoms with Crippen molar-refractivity contribution >= 4 is 43.5 Å². The summed E-state index contributed by atoms with van der Waals surface area (Å²) in [6.07, 6.45) is 7.48. The lowest BCUT2D eigenvalue weighted by Crippen LogP contribution is -2.39. The molecule has 2 aliphatic heterocycles. The van der Waals surface area contributed by atoms with Crippen LogP contribution in [0.2, 0.25) is 0 Å². The van der Waals surface area contributed by atoms with E-state index in [4.69, 9.17) is 0 Å². The second-order valence-electron chi connectivity index (χ2n) is 9.19. The smallest absolute Gasteiger partial charge is 0.119 e. The Balaban J connectivity index is 0.00000181. The van der Waals surface area contributed by atoms with Crippen LogP contribution in [0.15, 0.2) is 42.5 Å². The molecule has 2 atom stereocenters. The molecule has 1 N–H and O–H groups in total. The molecule has 1 fully saturated rings. The number of fused-ring (bicyclic) bond motifs is 1. The average molecular weight is 514 g/mol. The molecule has 6 heteroatoms. The predicted octanol–water partition coefficient (Wildman–Crippen LogP) is 5.92. The lowest BCUT2D eigenvalue weighted by atomic mass is 9.77. The Morgan fingerprint density at radius 3 is 2.55 bits per heavy atom. The van der Waals surface area contributed by atoms with Crippen molar-refractivity contribution in [2.24, 2.45) is 5.92 Å². The van der Waals surface area contributed by atoms with E-state index in [-0.39, 0.29) is 37.2 Å². The number of aldehydes is 1. The van der Waals surface area contributed by atoms with Gasteiger partial charge in [0.15, 0.2) is 0 Å². The number of piperidine rings is 1. The number of likely N-dealkylation sites (tertiary alicyclic amines) is 1. The summed E-state index contributed by atoms with van der Waals surface area (Å²) in [6.45, 7) is 7.72. The zero-order valence-electron chi connectivity index (χ0n) is 19.6. The van der Waals surface area contributed by atoms with Gasteiger partial charge in [0.1, 0.15) is 6.29 Å². The van der Waals surface area contributed by atoms with Gasteiger partial charge in [0, 0.05) is 19.5 Å². The zero-order chi connectivity index (χ0) is 20.8. The van der Waals surface area contributed by atoms with Crippen LogP contribution in [0, 0.1) is 12.8 Å². The lowest BCUT2D eigenvalue weighted by molar-refractivity contribution is -0.108. The van der Waals surface area contributed by atoms with E-state index in [0.29, 0.717) is 18.3 Å². The number of rotatable bonds is 7. The maximum absolute atomic E-state index is 10.9. The van der Waals surface area contributed by atoms with Gasteiger partial charge < -0.3 is 10.1 Å². The molecule has 0 spiro atoms. The SMILES string of the molecule is Cc1ccccc1CN1CCC(CCCC=O)C(c2ccc3c(c2)CCNCC3)C1.Cl.Cl.Cl. The first-order valence-electron chi connectivity index (χ1n) is 11.8. The first-order chi connectivity index (χ1) is 14.7. The van der Waals surface area contributed by atoms with Crippen molar-refractivity contribution in [1.29, 1.82) is 0 Å². The van der Waals surface area contributed by atoms with Gasteiger partial charge in [-0.3, -0.25) is 4.90 Å². The fourth-order valence-corrected chi connectivity index (χ4v) is 5.35. The van der Waals surface area contributed by atoms with Crippen molar-refractivity contribution in [3.05, 3.63) is 70.3 Å². The summed E-state index contributed by atoms with van der Waals surface area (Å²) in [4.78, 5) is 13.5. The number of carbonyl (C=O) groups is 1. The predicted molar refractivity (Wildman–Crippen MR) is 146 cm³/mol. The highest BCUT2D eigenvalue weighted by Gasteiger charge is 2.30. The summed E-state index contributed by atoms with van der Waals surface area (Å²) in [5.41, 5.74) is 7.42. The topological polar surface area (TPSA) is 32.3 Å². The summed E-state index contributed by atoms with van der Waals surface area (Å²) in [5, 5.41) is 3.53. The minimum absolute atomic E-state index is 0. The third kappa shape index (κ3) is 7.97. The van der Waals surface area contributed by atoms with Crippen LogP contribution in [0.3, 0.4) is 0 Å². The van der Waals surface area contributed by atoms with Crippen LogP contribution >= 0.6 is 37.2 Å². The molecule has 4 rings (SSSR count). The Kier molecular flexibility index (Phi) is 13.6. The molecule has 3 nitrogen and oxygen atoms in total. The molecule has 184 valence electrons. The van der Waals surface area contributed by atoms with Gasteiger partial charge in [-0.25, -0.2) is 0 Å². The van der Waals surface area contributed by atoms with Crippen LogP contribution in [0.4, 0.5) is 0 Å². The summed E-state index contributed by atoms with van der Waals surface area (Å²) in [5.74, 6) is 1.25. The number of hydrogen-bond acceptors (Lipinski definition) is 3. The van der Waals surface area contributed by atoms with E-state index >= 15 is 0 Å². The normalized spacial score (nSPS) is 20.3.